The van der Waals surface area contributed by atoms with Crippen LogP contribution in [-0.2, 0) is 4.79 Å². The summed E-state index contributed by atoms with van der Waals surface area (Å²) in [4.78, 5) is 24.3. The van der Waals surface area contributed by atoms with E-state index in [1.807, 2.05) is 19.9 Å². The van der Waals surface area contributed by atoms with Crippen LogP contribution in [0.4, 0.5) is 10.5 Å². The van der Waals surface area contributed by atoms with Crippen LogP contribution in [0, 0.1) is 6.92 Å². The number of hydrogen-bond acceptors (Lipinski definition) is 2. The summed E-state index contributed by atoms with van der Waals surface area (Å²) in [5.74, 6) is -1.05. The number of aliphatic carboxylic acids is 1. The second-order valence-corrected chi connectivity index (χ2v) is 5.10. The molecular weight excluding hydrogens is 280 g/mol. The highest BCUT2D eigenvalue weighted by Crippen LogP contribution is 2.23. The molecule has 0 bridgehead atoms. The second-order valence-electron chi connectivity index (χ2n) is 4.69. The molecule has 2 amide bonds. The predicted octanol–water partition coefficient (Wildman–Crippen LogP) is 3.37. The fourth-order valence-electron chi connectivity index (χ4n) is 1.72. The van der Waals surface area contributed by atoms with Crippen molar-refractivity contribution in [1.82, 2.24) is 4.90 Å². The van der Waals surface area contributed by atoms with E-state index in [4.69, 9.17) is 16.7 Å². The number of rotatable bonds is 5. The lowest BCUT2D eigenvalue weighted by atomic mass is 10.2. The van der Waals surface area contributed by atoms with Crippen LogP contribution in [0.15, 0.2) is 18.2 Å². The molecule has 0 aliphatic rings. The first-order valence-electron chi connectivity index (χ1n) is 6.40. The van der Waals surface area contributed by atoms with Crippen molar-refractivity contribution in [2.45, 2.75) is 33.2 Å². The maximum Gasteiger partial charge on any atom is 0.323 e. The molecule has 0 spiro atoms. The van der Waals surface area contributed by atoms with E-state index >= 15 is 0 Å². The molecule has 2 N–H and O–H groups in total. The number of nitrogens with one attached hydrogen (secondary N) is 1. The number of carboxylic acid groups (broad SMARTS) is 1. The van der Waals surface area contributed by atoms with Crippen molar-refractivity contribution in [3.63, 3.8) is 0 Å². The Kier molecular flexibility index (Phi) is 5.82. The first kappa shape index (κ1) is 16.3. The summed E-state index contributed by atoms with van der Waals surface area (Å²) in [5, 5.41) is 12.0. The Balaban J connectivity index is 2.90. The van der Waals surface area contributed by atoms with E-state index in [0.717, 1.165) is 5.56 Å². The lowest BCUT2D eigenvalue weighted by Gasteiger charge is -2.27. The third-order valence-electron chi connectivity index (χ3n) is 3.05. The van der Waals surface area contributed by atoms with Crippen LogP contribution in [-0.4, -0.2) is 34.6 Å². The zero-order chi connectivity index (χ0) is 15.3. The predicted molar refractivity (Wildman–Crippen MR) is 79.3 cm³/mol. The van der Waals surface area contributed by atoms with Crippen LogP contribution in [0.2, 0.25) is 5.02 Å². The van der Waals surface area contributed by atoms with Gasteiger partial charge in [-0.25, -0.2) is 4.79 Å². The molecule has 0 saturated heterocycles. The van der Waals surface area contributed by atoms with Gasteiger partial charge < -0.3 is 15.3 Å². The minimum Gasteiger partial charge on any atom is -0.480 e. The SMILES string of the molecule is CCC(C)N(CC(=O)O)C(=O)Nc1cc(C)ccc1Cl. The lowest BCUT2D eigenvalue weighted by Crippen LogP contribution is -2.44. The normalized spacial score (nSPS) is 11.8. The fraction of sp³-hybridized carbons (Fsp3) is 0.429. The Morgan fingerprint density at radius 3 is 2.65 bits per heavy atom. The molecule has 0 radical (unpaired) electrons. The zero-order valence-corrected chi connectivity index (χ0v) is 12.6. The highest BCUT2D eigenvalue weighted by molar-refractivity contribution is 6.33. The molecule has 5 nitrogen and oxygen atoms in total. The summed E-state index contributed by atoms with van der Waals surface area (Å²) in [6.45, 7) is 5.24. The smallest absolute Gasteiger partial charge is 0.323 e. The molecule has 0 saturated carbocycles. The Morgan fingerprint density at radius 2 is 2.10 bits per heavy atom. The maximum absolute atomic E-state index is 12.2. The summed E-state index contributed by atoms with van der Waals surface area (Å²) in [6.07, 6.45) is 0.669. The molecule has 1 aromatic carbocycles. The monoisotopic (exact) mass is 298 g/mol. The lowest BCUT2D eigenvalue weighted by molar-refractivity contribution is -0.138. The van der Waals surface area contributed by atoms with Crippen LogP contribution >= 0.6 is 11.6 Å². The Bertz CT molecular complexity index is 505. The highest BCUT2D eigenvalue weighted by atomic mass is 35.5. The molecular formula is C14H19ClN2O3. The summed E-state index contributed by atoms with van der Waals surface area (Å²) < 4.78 is 0. The highest BCUT2D eigenvalue weighted by Gasteiger charge is 2.22. The summed E-state index contributed by atoms with van der Waals surface area (Å²) in [5.41, 5.74) is 1.44. The molecule has 0 heterocycles. The quantitative estimate of drug-likeness (QED) is 0.875. The largest absolute Gasteiger partial charge is 0.480 e. The number of carbonyl (C=O) groups excluding carboxylic acids is 1. The number of anilines is 1. The van der Waals surface area contributed by atoms with E-state index in [0.29, 0.717) is 17.1 Å². The van der Waals surface area contributed by atoms with E-state index < -0.39 is 12.0 Å². The Labute approximate surface area is 123 Å². The van der Waals surface area contributed by atoms with Gasteiger partial charge in [0.25, 0.3) is 0 Å². The van der Waals surface area contributed by atoms with Crippen LogP contribution in [0.5, 0.6) is 0 Å². The van der Waals surface area contributed by atoms with Gasteiger partial charge in [-0.2, -0.15) is 0 Å². The van der Waals surface area contributed by atoms with Crippen molar-refractivity contribution < 1.29 is 14.7 Å². The van der Waals surface area contributed by atoms with Gasteiger partial charge >= 0.3 is 12.0 Å². The standard InChI is InChI=1S/C14H19ClN2O3/c1-4-10(3)17(8-13(18)19)14(20)16-12-7-9(2)5-6-11(12)15/h5-7,10H,4,8H2,1-3H3,(H,16,20)(H,18,19). The number of urea groups is 1. The number of aryl methyl sites for hydroxylation is 1. The van der Waals surface area contributed by atoms with Gasteiger partial charge in [-0.3, -0.25) is 4.79 Å². The average Bonchev–Trinajstić information content (AvgIpc) is 2.39. The second kappa shape index (κ2) is 7.14. The van der Waals surface area contributed by atoms with Gasteiger partial charge in [-0.05, 0) is 38.0 Å². The van der Waals surface area contributed by atoms with Crippen LogP contribution in [0.1, 0.15) is 25.8 Å². The summed E-state index contributed by atoms with van der Waals surface area (Å²) in [6, 6.07) is 4.64. The molecule has 20 heavy (non-hydrogen) atoms. The van der Waals surface area contributed by atoms with Crippen molar-refractivity contribution >= 4 is 29.3 Å². The van der Waals surface area contributed by atoms with Crippen molar-refractivity contribution in [3.05, 3.63) is 28.8 Å². The zero-order valence-electron chi connectivity index (χ0n) is 11.8. The van der Waals surface area contributed by atoms with E-state index in [1.54, 1.807) is 19.1 Å². The third kappa shape index (κ3) is 4.42. The number of carbonyl (C=O) groups is 2. The first-order valence-corrected chi connectivity index (χ1v) is 6.78. The fourth-order valence-corrected chi connectivity index (χ4v) is 1.88. The van der Waals surface area contributed by atoms with E-state index in [-0.39, 0.29) is 12.6 Å². The number of halogens is 1. The van der Waals surface area contributed by atoms with Gasteiger partial charge in [-0.15, -0.1) is 0 Å². The third-order valence-corrected chi connectivity index (χ3v) is 3.38. The van der Waals surface area contributed by atoms with Crippen LogP contribution in [0.3, 0.4) is 0 Å². The Hall–Kier alpha value is -1.75. The number of benzene rings is 1. The number of amides is 2. The molecule has 0 aliphatic heterocycles. The number of nitrogens with zero attached hydrogens (tertiary/aromatic N) is 1. The average molecular weight is 299 g/mol. The molecule has 1 unspecified atom stereocenters. The molecule has 6 heteroatoms. The van der Waals surface area contributed by atoms with Gasteiger partial charge in [0.05, 0.1) is 10.7 Å². The van der Waals surface area contributed by atoms with Crippen LogP contribution in [0.25, 0.3) is 0 Å². The van der Waals surface area contributed by atoms with Crippen LogP contribution < -0.4 is 5.32 Å². The molecule has 0 aromatic heterocycles. The van der Waals surface area contributed by atoms with Crippen molar-refractivity contribution in [1.29, 1.82) is 0 Å². The molecule has 1 atom stereocenters. The van der Waals surface area contributed by atoms with E-state index in [2.05, 4.69) is 5.32 Å². The number of hydrogen-bond donors (Lipinski definition) is 2. The van der Waals surface area contributed by atoms with Gasteiger partial charge in [-0.1, -0.05) is 24.6 Å². The van der Waals surface area contributed by atoms with Crippen molar-refractivity contribution in [2.24, 2.45) is 0 Å². The van der Waals surface area contributed by atoms with Gasteiger partial charge in [0, 0.05) is 6.04 Å². The molecule has 0 aliphatic carbocycles. The molecule has 110 valence electrons. The van der Waals surface area contributed by atoms with Crippen molar-refractivity contribution in [3.8, 4) is 0 Å². The minimum atomic E-state index is -1.05. The first-order chi connectivity index (χ1) is 9.35. The minimum absolute atomic E-state index is 0.172. The van der Waals surface area contributed by atoms with E-state index in [9.17, 15) is 9.59 Å². The molecule has 1 aromatic rings. The molecule has 0 fully saturated rings. The van der Waals surface area contributed by atoms with Gasteiger partial charge in [0.1, 0.15) is 6.54 Å². The van der Waals surface area contributed by atoms with Gasteiger partial charge in [0.15, 0.2) is 0 Å². The maximum atomic E-state index is 12.2. The topological polar surface area (TPSA) is 69.6 Å². The summed E-state index contributed by atoms with van der Waals surface area (Å²) in [7, 11) is 0. The van der Waals surface area contributed by atoms with Crippen molar-refractivity contribution in [2.75, 3.05) is 11.9 Å². The van der Waals surface area contributed by atoms with Gasteiger partial charge in [0.2, 0.25) is 0 Å². The molecule has 1 rings (SSSR count). The van der Waals surface area contributed by atoms with E-state index in [1.165, 1.54) is 4.90 Å². The number of carboxylic acids is 1. The summed E-state index contributed by atoms with van der Waals surface area (Å²) >= 11 is 6.01. The Morgan fingerprint density at radius 1 is 1.45 bits per heavy atom.